The highest BCUT2D eigenvalue weighted by Crippen LogP contribution is 2.08. The zero-order valence-electron chi connectivity index (χ0n) is 17.2. The fraction of sp³-hybridized carbons (Fsp3) is 0.174. The van der Waals surface area contributed by atoms with Crippen molar-refractivity contribution in [2.75, 3.05) is 0 Å². The molecule has 3 rings (SSSR count). The lowest BCUT2D eigenvalue weighted by Gasteiger charge is -2.05. The van der Waals surface area contributed by atoms with E-state index in [9.17, 15) is 19.2 Å². The number of ketones is 2. The lowest BCUT2D eigenvalue weighted by molar-refractivity contribution is 0.0940. The molecule has 2 aromatic carbocycles. The lowest BCUT2D eigenvalue weighted by atomic mass is 10.1. The molecule has 0 atom stereocenters. The quantitative estimate of drug-likeness (QED) is 0.486. The topological polar surface area (TPSA) is 121 Å². The molecule has 8 nitrogen and oxygen atoms in total. The van der Waals surface area contributed by atoms with Crippen LogP contribution < -0.4 is 10.6 Å². The van der Waals surface area contributed by atoms with Gasteiger partial charge in [-0.2, -0.15) is 5.10 Å². The summed E-state index contributed by atoms with van der Waals surface area (Å²) in [5.41, 5.74) is 2.92. The Kier molecular flexibility index (Phi) is 6.71. The van der Waals surface area contributed by atoms with E-state index in [0.29, 0.717) is 11.1 Å². The second kappa shape index (κ2) is 9.62. The molecule has 0 saturated carbocycles. The van der Waals surface area contributed by atoms with Crippen molar-refractivity contribution in [2.45, 2.75) is 26.9 Å². The summed E-state index contributed by atoms with van der Waals surface area (Å²) in [7, 11) is 0. The maximum Gasteiger partial charge on any atom is 0.272 e. The Morgan fingerprint density at radius 2 is 1.29 bits per heavy atom. The number of carbonyl (C=O) groups excluding carboxylic acids is 4. The van der Waals surface area contributed by atoms with E-state index in [1.807, 2.05) is 0 Å². The number of carbonyl (C=O) groups is 4. The van der Waals surface area contributed by atoms with Gasteiger partial charge in [0.15, 0.2) is 17.3 Å². The highest BCUT2D eigenvalue weighted by Gasteiger charge is 2.15. The SMILES string of the molecule is CC(=O)c1cccc(CNC(=O)c2cc(C(=O)NCc3cccc(C(C)=O)c3)[nH]n2)c1. The third-order valence-electron chi connectivity index (χ3n) is 4.63. The Morgan fingerprint density at radius 3 is 1.81 bits per heavy atom. The van der Waals surface area contributed by atoms with Gasteiger partial charge in [0.05, 0.1) is 0 Å². The van der Waals surface area contributed by atoms with Gasteiger partial charge in [0.25, 0.3) is 11.8 Å². The van der Waals surface area contributed by atoms with Crippen molar-refractivity contribution in [3.05, 3.63) is 88.2 Å². The molecule has 3 N–H and O–H groups in total. The van der Waals surface area contributed by atoms with Crippen LogP contribution in [0.1, 0.15) is 66.7 Å². The average molecular weight is 418 g/mol. The zero-order chi connectivity index (χ0) is 22.4. The first-order chi connectivity index (χ1) is 14.8. The first kappa shape index (κ1) is 21.6. The molecular weight excluding hydrogens is 396 g/mol. The van der Waals surface area contributed by atoms with Gasteiger partial charge < -0.3 is 10.6 Å². The minimum atomic E-state index is -0.447. The van der Waals surface area contributed by atoms with E-state index in [1.54, 1.807) is 48.5 Å². The lowest BCUT2D eigenvalue weighted by Crippen LogP contribution is -2.24. The molecule has 0 aliphatic carbocycles. The Labute approximate surface area is 179 Å². The molecule has 158 valence electrons. The van der Waals surface area contributed by atoms with Crippen molar-refractivity contribution in [3.8, 4) is 0 Å². The van der Waals surface area contributed by atoms with Crippen LogP contribution in [-0.4, -0.2) is 33.6 Å². The van der Waals surface area contributed by atoms with Crippen molar-refractivity contribution in [2.24, 2.45) is 0 Å². The highest BCUT2D eigenvalue weighted by molar-refractivity contribution is 5.98. The van der Waals surface area contributed by atoms with Crippen LogP contribution in [0.2, 0.25) is 0 Å². The van der Waals surface area contributed by atoms with Crippen LogP contribution in [0.3, 0.4) is 0 Å². The number of amides is 2. The van der Waals surface area contributed by atoms with Crippen LogP contribution in [0.5, 0.6) is 0 Å². The second-order valence-electron chi connectivity index (χ2n) is 7.05. The molecule has 1 aromatic heterocycles. The molecule has 2 amide bonds. The van der Waals surface area contributed by atoms with Crippen LogP contribution in [0.4, 0.5) is 0 Å². The van der Waals surface area contributed by atoms with Crippen molar-refractivity contribution in [1.82, 2.24) is 20.8 Å². The fourth-order valence-electron chi connectivity index (χ4n) is 2.91. The third kappa shape index (κ3) is 5.72. The molecule has 31 heavy (non-hydrogen) atoms. The van der Waals surface area contributed by atoms with E-state index < -0.39 is 11.8 Å². The summed E-state index contributed by atoms with van der Waals surface area (Å²) >= 11 is 0. The van der Waals surface area contributed by atoms with E-state index >= 15 is 0 Å². The predicted octanol–water partition coefficient (Wildman–Crippen LogP) is 2.67. The number of aromatic nitrogens is 2. The van der Waals surface area contributed by atoms with Crippen molar-refractivity contribution in [1.29, 1.82) is 0 Å². The molecular formula is C23H22N4O4. The number of nitrogens with one attached hydrogen (secondary N) is 3. The summed E-state index contributed by atoms with van der Waals surface area (Å²) < 4.78 is 0. The fourth-order valence-corrected chi connectivity index (χ4v) is 2.91. The van der Waals surface area contributed by atoms with Gasteiger partial charge in [-0.05, 0) is 37.1 Å². The van der Waals surface area contributed by atoms with Crippen LogP contribution in [0.15, 0.2) is 54.6 Å². The predicted molar refractivity (Wildman–Crippen MR) is 114 cm³/mol. The number of H-pyrrole nitrogens is 1. The van der Waals surface area contributed by atoms with Gasteiger partial charge in [0.2, 0.25) is 0 Å². The largest absolute Gasteiger partial charge is 0.347 e. The maximum atomic E-state index is 12.3. The number of rotatable bonds is 8. The summed E-state index contributed by atoms with van der Waals surface area (Å²) in [5.74, 6) is -0.971. The number of benzene rings is 2. The average Bonchev–Trinajstić information content (AvgIpc) is 3.26. The van der Waals surface area contributed by atoms with Gasteiger partial charge in [0, 0.05) is 30.3 Å². The number of nitrogens with zero attached hydrogens (tertiary/aromatic N) is 1. The Balaban J connectivity index is 1.56. The Bertz CT molecular complexity index is 1060. The minimum absolute atomic E-state index is 0.0505. The summed E-state index contributed by atoms with van der Waals surface area (Å²) in [5, 5.41) is 11.9. The van der Waals surface area contributed by atoms with E-state index in [1.165, 1.54) is 19.9 Å². The molecule has 0 aliphatic rings. The molecule has 8 heteroatoms. The minimum Gasteiger partial charge on any atom is -0.347 e. The van der Waals surface area contributed by atoms with Gasteiger partial charge in [-0.1, -0.05) is 36.4 Å². The van der Waals surface area contributed by atoms with Gasteiger partial charge in [-0.15, -0.1) is 0 Å². The number of aromatic amines is 1. The van der Waals surface area contributed by atoms with Crippen LogP contribution in [0.25, 0.3) is 0 Å². The number of hydrogen-bond donors (Lipinski definition) is 3. The Hall–Kier alpha value is -4.07. The maximum absolute atomic E-state index is 12.3. The Morgan fingerprint density at radius 1 is 0.774 bits per heavy atom. The van der Waals surface area contributed by atoms with E-state index in [0.717, 1.165) is 11.1 Å². The summed E-state index contributed by atoms with van der Waals surface area (Å²) in [6.07, 6.45) is 0. The van der Waals surface area contributed by atoms with Crippen molar-refractivity contribution in [3.63, 3.8) is 0 Å². The van der Waals surface area contributed by atoms with Gasteiger partial charge in [-0.25, -0.2) is 0 Å². The first-order valence-corrected chi connectivity index (χ1v) is 9.65. The number of Topliss-reactive ketones (excluding diaryl/α,β-unsaturated/α-hetero) is 2. The molecule has 3 aromatic rings. The second-order valence-corrected chi connectivity index (χ2v) is 7.05. The smallest absolute Gasteiger partial charge is 0.272 e. The van der Waals surface area contributed by atoms with E-state index in [2.05, 4.69) is 20.8 Å². The van der Waals surface area contributed by atoms with Crippen LogP contribution >= 0.6 is 0 Å². The molecule has 0 bridgehead atoms. The molecule has 1 heterocycles. The number of hydrogen-bond acceptors (Lipinski definition) is 5. The van der Waals surface area contributed by atoms with Crippen molar-refractivity contribution < 1.29 is 19.2 Å². The standard InChI is InChI=1S/C23H22N4O4/c1-14(28)18-7-3-5-16(9-18)12-24-22(30)20-11-21(27-26-20)23(31)25-13-17-6-4-8-19(10-17)15(2)29/h3-11H,12-13H2,1-2H3,(H,24,30)(H,25,31)(H,26,27). The molecule has 0 saturated heterocycles. The summed E-state index contributed by atoms with van der Waals surface area (Å²) in [6.45, 7) is 3.41. The molecule has 0 spiro atoms. The monoisotopic (exact) mass is 418 g/mol. The third-order valence-corrected chi connectivity index (χ3v) is 4.63. The van der Waals surface area contributed by atoms with Crippen LogP contribution in [0, 0.1) is 0 Å². The van der Waals surface area contributed by atoms with E-state index in [-0.39, 0.29) is 36.0 Å². The molecule has 0 radical (unpaired) electrons. The van der Waals surface area contributed by atoms with Gasteiger partial charge in [0.1, 0.15) is 5.69 Å². The summed E-state index contributed by atoms with van der Waals surface area (Å²) in [4.78, 5) is 47.6. The molecule has 0 fully saturated rings. The summed E-state index contributed by atoms with van der Waals surface area (Å²) in [6, 6.07) is 15.3. The first-order valence-electron chi connectivity index (χ1n) is 9.65. The van der Waals surface area contributed by atoms with Crippen molar-refractivity contribution >= 4 is 23.4 Å². The zero-order valence-corrected chi connectivity index (χ0v) is 17.2. The molecule has 0 unspecified atom stereocenters. The van der Waals surface area contributed by atoms with Gasteiger partial charge in [-0.3, -0.25) is 24.3 Å². The molecule has 0 aliphatic heterocycles. The van der Waals surface area contributed by atoms with Gasteiger partial charge >= 0.3 is 0 Å². The van der Waals surface area contributed by atoms with E-state index in [4.69, 9.17) is 0 Å². The normalized spacial score (nSPS) is 10.4. The highest BCUT2D eigenvalue weighted by atomic mass is 16.2. The van der Waals surface area contributed by atoms with Crippen LogP contribution in [-0.2, 0) is 13.1 Å².